The van der Waals surface area contributed by atoms with Gasteiger partial charge in [-0.05, 0) is 106 Å². The van der Waals surface area contributed by atoms with E-state index in [2.05, 4.69) is 168 Å². The van der Waals surface area contributed by atoms with Crippen LogP contribution in [0.4, 0.5) is 0 Å². The second-order valence-corrected chi connectivity index (χ2v) is 13.0. The van der Waals surface area contributed by atoms with Crippen molar-refractivity contribution in [1.82, 2.24) is 0 Å². The number of hydrogen-bond acceptors (Lipinski definition) is 0. The lowest BCUT2D eigenvalue weighted by Crippen LogP contribution is -2.25. The summed E-state index contributed by atoms with van der Waals surface area (Å²) in [6, 6.07) is 56.7. The Morgan fingerprint density at radius 3 is 1.45 bits per heavy atom. The maximum absolute atomic E-state index is 3.84. The van der Waals surface area contributed by atoms with Crippen molar-refractivity contribution in [2.24, 2.45) is 0 Å². The van der Waals surface area contributed by atoms with Crippen LogP contribution in [0.5, 0.6) is 0 Å². The van der Waals surface area contributed by atoms with E-state index in [-0.39, 0.29) is 5.41 Å². The molecular weight excluding hydrogens is 596 g/mol. The summed E-state index contributed by atoms with van der Waals surface area (Å²) in [5.41, 5.74) is 12.9. The summed E-state index contributed by atoms with van der Waals surface area (Å²) in [6.07, 6.45) is 0. The van der Waals surface area contributed by atoms with Crippen LogP contribution in [0, 0.1) is 0 Å². The van der Waals surface area contributed by atoms with Gasteiger partial charge < -0.3 is 0 Å². The Morgan fingerprint density at radius 2 is 0.795 bits per heavy atom. The van der Waals surface area contributed by atoms with Gasteiger partial charge in [0.1, 0.15) is 0 Å². The standard InChI is InChI=1S/C43H25Br/c44-27-21-23-35-34-22-20-26(28-16-9-17-37-31-11-2-1-10-29(31)30-12-3-4-15-36(30)42(28)37)24-40(34)43(41(35)25-27)38-18-7-5-13-32(38)33-14-6-8-19-39(33)43/h1-25H. The molecule has 0 saturated carbocycles. The Bertz CT molecular complexity index is 2430. The minimum atomic E-state index is -0.378. The Hall–Kier alpha value is -4.98. The van der Waals surface area contributed by atoms with Crippen LogP contribution in [0.2, 0.25) is 0 Å². The zero-order valence-electron chi connectivity index (χ0n) is 23.8. The van der Waals surface area contributed by atoms with Gasteiger partial charge in [0.05, 0.1) is 5.41 Å². The molecule has 0 nitrogen and oxygen atoms in total. The number of hydrogen-bond donors (Lipinski definition) is 0. The van der Waals surface area contributed by atoms with Crippen LogP contribution in [-0.4, -0.2) is 0 Å². The molecule has 0 fully saturated rings. The van der Waals surface area contributed by atoms with E-state index < -0.39 is 0 Å². The molecule has 0 N–H and O–H groups in total. The Labute approximate surface area is 264 Å². The van der Waals surface area contributed by atoms with E-state index in [1.165, 1.54) is 88.0 Å². The first kappa shape index (κ1) is 24.5. The Balaban J connectivity index is 1.34. The van der Waals surface area contributed by atoms with Gasteiger partial charge in [0, 0.05) is 4.47 Å². The predicted octanol–water partition coefficient (Wildman–Crippen LogP) is 11.9. The monoisotopic (exact) mass is 620 g/mol. The van der Waals surface area contributed by atoms with Gasteiger partial charge in [0.2, 0.25) is 0 Å². The van der Waals surface area contributed by atoms with Gasteiger partial charge in [0.25, 0.3) is 0 Å². The molecule has 1 heteroatoms. The predicted molar refractivity (Wildman–Crippen MR) is 188 cm³/mol. The fourth-order valence-corrected chi connectivity index (χ4v) is 8.84. The minimum absolute atomic E-state index is 0.378. The summed E-state index contributed by atoms with van der Waals surface area (Å²) in [5.74, 6) is 0. The van der Waals surface area contributed by atoms with E-state index >= 15 is 0 Å². The van der Waals surface area contributed by atoms with Crippen LogP contribution in [-0.2, 0) is 5.41 Å². The number of rotatable bonds is 1. The summed E-state index contributed by atoms with van der Waals surface area (Å²) < 4.78 is 1.11. The highest BCUT2D eigenvalue weighted by Gasteiger charge is 2.51. The van der Waals surface area contributed by atoms with Crippen LogP contribution in [0.1, 0.15) is 22.3 Å². The van der Waals surface area contributed by atoms with E-state index in [0.29, 0.717) is 0 Å². The van der Waals surface area contributed by atoms with Crippen LogP contribution in [0.15, 0.2) is 156 Å². The summed E-state index contributed by atoms with van der Waals surface area (Å²) >= 11 is 3.84. The second-order valence-electron chi connectivity index (χ2n) is 12.1. The van der Waals surface area contributed by atoms with Crippen LogP contribution in [0.3, 0.4) is 0 Å². The largest absolute Gasteiger partial charge is 0.0726 e. The van der Waals surface area contributed by atoms with Crippen molar-refractivity contribution in [2.45, 2.75) is 5.41 Å². The van der Waals surface area contributed by atoms with Crippen molar-refractivity contribution < 1.29 is 0 Å². The van der Waals surface area contributed by atoms with Gasteiger partial charge in [-0.15, -0.1) is 0 Å². The molecule has 0 radical (unpaired) electrons. The smallest absolute Gasteiger partial charge is 0.0619 e. The number of fused-ring (bicyclic) bond motifs is 16. The molecule has 0 amide bonds. The fourth-order valence-electron chi connectivity index (χ4n) is 8.48. The van der Waals surface area contributed by atoms with E-state index in [9.17, 15) is 0 Å². The third-order valence-electron chi connectivity index (χ3n) is 10.1. The van der Waals surface area contributed by atoms with Crippen molar-refractivity contribution in [1.29, 1.82) is 0 Å². The molecule has 8 aromatic carbocycles. The van der Waals surface area contributed by atoms with Crippen molar-refractivity contribution >= 4 is 48.2 Å². The first-order valence-electron chi connectivity index (χ1n) is 15.2. The third-order valence-corrected chi connectivity index (χ3v) is 10.6. The first-order chi connectivity index (χ1) is 21.7. The summed E-state index contributed by atoms with van der Waals surface area (Å²) in [4.78, 5) is 0. The lowest BCUT2D eigenvalue weighted by molar-refractivity contribution is 0.793. The van der Waals surface area contributed by atoms with Crippen molar-refractivity contribution in [3.8, 4) is 33.4 Å². The molecule has 44 heavy (non-hydrogen) atoms. The highest BCUT2D eigenvalue weighted by Crippen LogP contribution is 2.63. The molecule has 0 aromatic heterocycles. The molecule has 0 unspecified atom stereocenters. The lowest BCUT2D eigenvalue weighted by atomic mass is 9.70. The molecule has 0 bridgehead atoms. The fraction of sp³-hybridized carbons (Fsp3) is 0.0233. The van der Waals surface area contributed by atoms with Crippen LogP contribution in [0.25, 0.3) is 65.7 Å². The second kappa shape index (κ2) is 8.78. The van der Waals surface area contributed by atoms with Crippen molar-refractivity contribution in [2.75, 3.05) is 0 Å². The van der Waals surface area contributed by atoms with Crippen LogP contribution >= 0.6 is 15.9 Å². The van der Waals surface area contributed by atoms with Gasteiger partial charge in [-0.25, -0.2) is 0 Å². The Kier molecular flexibility index (Phi) is 4.88. The SMILES string of the molecule is Brc1ccc2c(c1)C1(c3ccccc3-c3ccccc31)c1cc(-c3cccc4c5ccccc5c5ccccc5c34)ccc1-2. The number of halogens is 1. The first-order valence-corrected chi connectivity index (χ1v) is 16.0. The topological polar surface area (TPSA) is 0 Å². The van der Waals surface area contributed by atoms with E-state index in [1.54, 1.807) is 0 Å². The van der Waals surface area contributed by atoms with E-state index in [4.69, 9.17) is 0 Å². The van der Waals surface area contributed by atoms with Gasteiger partial charge in [-0.3, -0.25) is 0 Å². The van der Waals surface area contributed by atoms with E-state index in [1.807, 2.05) is 0 Å². The molecule has 8 aromatic rings. The average Bonchev–Trinajstić information content (AvgIpc) is 3.54. The highest BCUT2D eigenvalue weighted by molar-refractivity contribution is 9.10. The zero-order valence-corrected chi connectivity index (χ0v) is 25.4. The quantitative estimate of drug-likeness (QED) is 0.160. The van der Waals surface area contributed by atoms with Gasteiger partial charge in [-0.2, -0.15) is 0 Å². The van der Waals surface area contributed by atoms with Crippen LogP contribution < -0.4 is 0 Å². The zero-order chi connectivity index (χ0) is 29.0. The van der Waals surface area contributed by atoms with Crippen molar-refractivity contribution in [3.63, 3.8) is 0 Å². The van der Waals surface area contributed by atoms with E-state index in [0.717, 1.165) is 4.47 Å². The summed E-state index contributed by atoms with van der Waals surface area (Å²) in [7, 11) is 0. The highest BCUT2D eigenvalue weighted by atomic mass is 79.9. The molecule has 0 aliphatic heterocycles. The maximum Gasteiger partial charge on any atom is 0.0726 e. The molecule has 0 saturated heterocycles. The normalized spacial score (nSPS) is 13.8. The molecule has 1 spiro atoms. The summed E-state index contributed by atoms with van der Waals surface area (Å²) in [5, 5.41) is 7.84. The van der Waals surface area contributed by atoms with Gasteiger partial charge >= 0.3 is 0 Å². The number of benzene rings is 8. The molecule has 2 aliphatic rings. The average molecular weight is 622 g/mol. The molecule has 2 aliphatic carbocycles. The molecular formula is C43H25Br. The third kappa shape index (κ3) is 2.98. The van der Waals surface area contributed by atoms with Gasteiger partial charge in [0.15, 0.2) is 0 Å². The van der Waals surface area contributed by atoms with Crippen molar-refractivity contribution in [3.05, 3.63) is 178 Å². The molecule has 0 atom stereocenters. The van der Waals surface area contributed by atoms with Gasteiger partial charge in [-0.1, -0.05) is 149 Å². The maximum atomic E-state index is 3.84. The Morgan fingerprint density at radius 1 is 0.341 bits per heavy atom. The minimum Gasteiger partial charge on any atom is -0.0619 e. The molecule has 0 heterocycles. The lowest BCUT2D eigenvalue weighted by Gasteiger charge is -2.31. The summed E-state index contributed by atoms with van der Waals surface area (Å²) in [6.45, 7) is 0. The molecule has 204 valence electrons. The molecule has 10 rings (SSSR count).